The number of ketones is 1. The highest BCUT2D eigenvalue weighted by molar-refractivity contribution is 6.00. The third kappa shape index (κ3) is 2.22. The molecule has 0 aliphatic rings. The van der Waals surface area contributed by atoms with Crippen LogP contribution >= 0.6 is 0 Å². The number of fused-ring (bicyclic) bond motifs is 3. The summed E-state index contributed by atoms with van der Waals surface area (Å²) in [5.74, 6) is 0.416. The molecule has 2 aromatic heterocycles. The van der Waals surface area contributed by atoms with Crippen molar-refractivity contribution in [3.63, 3.8) is 0 Å². The van der Waals surface area contributed by atoms with E-state index < -0.39 is 5.63 Å². The Balaban J connectivity index is 1.93. The van der Waals surface area contributed by atoms with E-state index >= 15 is 0 Å². The summed E-state index contributed by atoms with van der Waals surface area (Å²) in [6, 6.07) is 12.2. The summed E-state index contributed by atoms with van der Waals surface area (Å²) in [6.45, 7) is 3.37. The zero-order chi connectivity index (χ0) is 16.8. The number of hydrogen-bond donors (Lipinski definition) is 0. The molecule has 2 aromatic carbocycles. The summed E-state index contributed by atoms with van der Waals surface area (Å²) in [4.78, 5) is 27.5. The van der Waals surface area contributed by atoms with Crippen molar-refractivity contribution in [2.75, 3.05) is 0 Å². The Morgan fingerprint density at radius 1 is 1.00 bits per heavy atom. The van der Waals surface area contributed by atoms with Crippen LogP contribution in [0.25, 0.3) is 33.5 Å². The van der Waals surface area contributed by atoms with Gasteiger partial charge in [0.1, 0.15) is 5.52 Å². The van der Waals surface area contributed by atoms with E-state index in [1.165, 1.54) is 13.0 Å². The number of oxazole rings is 1. The molecule has 0 saturated carbocycles. The van der Waals surface area contributed by atoms with Crippen LogP contribution < -0.4 is 5.63 Å². The molecule has 0 amide bonds. The third-order valence-electron chi connectivity index (χ3n) is 4.01. The average molecular weight is 319 g/mol. The fourth-order valence-corrected chi connectivity index (χ4v) is 2.74. The molecule has 118 valence electrons. The van der Waals surface area contributed by atoms with E-state index in [9.17, 15) is 9.59 Å². The number of carbonyl (C=O) groups excluding carboxylic acids is 1. The zero-order valence-corrected chi connectivity index (χ0v) is 13.1. The number of carbonyl (C=O) groups is 1. The number of nitrogens with zero attached hydrogens (tertiary/aromatic N) is 1. The highest BCUT2D eigenvalue weighted by atomic mass is 16.4. The topological polar surface area (TPSA) is 73.3 Å². The summed E-state index contributed by atoms with van der Waals surface area (Å²) in [6.07, 6.45) is 0. The molecule has 5 nitrogen and oxygen atoms in total. The van der Waals surface area contributed by atoms with Crippen LogP contribution in [0.2, 0.25) is 0 Å². The first-order chi connectivity index (χ1) is 11.5. The van der Waals surface area contributed by atoms with Gasteiger partial charge in [0, 0.05) is 22.6 Å². The first kappa shape index (κ1) is 14.4. The summed E-state index contributed by atoms with van der Waals surface area (Å²) in [7, 11) is 0. The molecular weight excluding hydrogens is 306 g/mol. The van der Waals surface area contributed by atoms with Crippen molar-refractivity contribution < 1.29 is 13.6 Å². The van der Waals surface area contributed by atoms with E-state index in [0.29, 0.717) is 28.1 Å². The first-order valence-corrected chi connectivity index (χ1v) is 7.48. The van der Waals surface area contributed by atoms with E-state index in [4.69, 9.17) is 8.83 Å². The molecule has 0 fully saturated rings. The predicted molar refractivity (Wildman–Crippen MR) is 90.2 cm³/mol. The van der Waals surface area contributed by atoms with Crippen LogP contribution in [0, 0.1) is 6.92 Å². The molecule has 5 heteroatoms. The van der Waals surface area contributed by atoms with Crippen molar-refractivity contribution >= 4 is 27.9 Å². The van der Waals surface area contributed by atoms with Crippen molar-refractivity contribution in [1.82, 2.24) is 4.98 Å². The van der Waals surface area contributed by atoms with Crippen LogP contribution in [0.5, 0.6) is 0 Å². The minimum atomic E-state index is -0.420. The van der Waals surface area contributed by atoms with Crippen LogP contribution in [0.15, 0.2) is 56.1 Å². The standard InChI is InChI=1S/C19H13NO4/c1-10-9-16(22)23-17-14(10)7-8-15-18(17)24-19(20-15)13-5-3-12(4-6-13)11(2)21/h3-9H,1-2H3. The summed E-state index contributed by atoms with van der Waals surface area (Å²) < 4.78 is 11.2. The van der Waals surface area contributed by atoms with Crippen molar-refractivity contribution in [3.8, 4) is 11.5 Å². The van der Waals surface area contributed by atoms with E-state index in [0.717, 1.165) is 16.5 Å². The molecule has 0 radical (unpaired) electrons. The number of hydrogen-bond acceptors (Lipinski definition) is 5. The SMILES string of the molecule is CC(=O)c1ccc(-c2nc3ccc4c(C)cc(=O)oc4c3o2)cc1. The van der Waals surface area contributed by atoms with Gasteiger partial charge >= 0.3 is 5.63 Å². The van der Waals surface area contributed by atoms with Crippen LogP contribution in [-0.2, 0) is 0 Å². The summed E-state index contributed by atoms with van der Waals surface area (Å²) >= 11 is 0. The van der Waals surface area contributed by atoms with Gasteiger partial charge in [0.15, 0.2) is 16.9 Å². The van der Waals surface area contributed by atoms with Crippen molar-refractivity contribution in [2.45, 2.75) is 13.8 Å². The van der Waals surface area contributed by atoms with Crippen LogP contribution in [0.4, 0.5) is 0 Å². The smallest absolute Gasteiger partial charge is 0.336 e. The molecule has 0 saturated heterocycles. The normalized spacial score (nSPS) is 11.2. The number of benzene rings is 2. The van der Waals surface area contributed by atoms with Crippen molar-refractivity contribution in [3.05, 3.63) is 64.0 Å². The van der Waals surface area contributed by atoms with Crippen LogP contribution in [0.3, 0.4) is 0 Å². The Morgan fingerprint density at radius 2 is 1.75 bits per heavy atom. The minimum Gasteiger partial charge on any atom is -0.432 e. The molecule has 0 N–H and O–H groups in total. The Morgan fingerprint density at radius 3 is 2.46 bits per heavy atom. The van der Waals surface area contributed by atoms with E-state index in [1.807, 2.05) is 19.1 Å². The number of rotatable bonds is 2. The molecular formula is C19H13NO4. The van der Waals surface area contributed by atoms with Gasteiger partial charge in [-0.05, 0) is 43.7 Å². The Labute approximate surface area is 136 Å². The molecule has 4 rings (SSSR count). The van der Waals surface area contributed by atoms with E-state index in [2.05, 4.69) is 4.98 Å². The molecule has 24 heavy (non-hydrogen) atoms. The maximum atomic E-state index is 11.7. The molecule has 0 spiro atoms. The molecule has 0 bridgehead atoms. The zero-order valence-electron chi connectivity index (χ0n) is 13.1. The molecule has 0 aliphatic heterocycles. The lowest BCUT2D eigenvalue weighted by atomic mass is 10.1. The quantitative estimate of drug-likeness (QED) is 0.410. The van der Waals surface area contributed by atoms with Crippen LogP contribution in [-0.4, -0.2) is 10.8 Å². The first-order valence-electron chi connectivity index (χ1n) is 7.48. The highest BCUT2D eigenvalue weighted by Crippen LogP contribution is 2.30. The second-order valence-corrected chi connectivity index (χ2v) is 5.69. The molecule has 0 unspecified atom stereocenters. The fourth-order valence-electron chi connectivity index (χ4n) is 2.74. The Bertz CT molecular complexity index is 1150. The molecule has 0 atom stereocenters. The lowest BCUT2D eigenvalue weighted by Gasteiger charge is -1.99. The molecule has 4 aromatic rings. The highest BCUT2D eigenvalue weighted by Gasteiger charge is 2.14. The maximum Gasteiger partial charge on any atom is 0.336 e. The van der Waals surface area contributed by atoms with Gasteiger partial charge in [-0.15, -0.1) is 0 Å². The molecule has 2 heterocycles. The fraction of sp³-hybridized carbons (Fsp3) is 0.105. The summed E-state index contributed by atoms with van der Waals surface area (Å²) in [5, 5.41) is 0.816. The third-order valence-corrected chi connectivity index (χ3v) is 4.01. The van der Waals surface area contributed by atoms with E-state index in [-0.39, 0.29) is 5.78 Å². The van der Waals surface area contributed by atoms with Gasteiger partial charge in [0.05, 0.1) is 0 Å². The molecule has 0 aliphatic carbocycles. The monoisotopic (exact) mass is 319 g/mol. The largest absolute Gasteiger partial charge is 0.432 e. The lowest BCUT2D eigenvalue weighted by Crippen LogP contribution is -1.97. The average Bonchev–Trinajstić information content (AvgIpc) is 2.99. The lowest BCUT2D eigenvalue weighted by molar-refractivity contribution is 0.101. The van der Waals surface area contributed by atoms with Crippen LogP contribution in [0.1, 0.15) is 22.8 Å². The second kappa shape index (κ2) is 5.16. The van der Waals surface area contributed by atoms with Gasteiger partial charge < -0.3 is 8.83 Å². The van der Waals surface area contributed by atoms with Gasteiger partial charge in [0.2, 0.25) is 5.89 Å². The van der Waals surface area contributed by atoms with Gasteiger partial charge in [-0.1, -0.05) is 12.1 Å². The van der Waals surface area contributed by atoms with Gasteiger partial charge in [0.25, 0.3) is 0 Å². The van der Waals surface area contributed by atoms with Crippen molar-refractivity contribution in [1.29, 1.82) is 0 Å². The number of aryl methyl sites for hydroxylation is 1. The maximum absolute atomic E-state index is 11.7. The second-order valence-electron chi connectivity index (χ2n) is 5.69. The Kier molecular flexibility index (Phi) is 3.09. The van der Waals surface area contributed by atoms with Gasteiger partial charge in [-0.3, -0.25) is 4.79 Å². The van der Waals surface area contributed by atoms with E-state index in [1.54, 1.807) is 24.3 Å². The Hall–Kier alpha value is -3.21. The van der Waals surface area contributed by atoms with Gasteiger partial charge in [-0.25, -0.2) is 9.78 Å². The number of aromatic nitrogens is 1. The van der Waals surface area contributed by atoms with Crippen molar-refractivity contribution in [2.24, 2.45) is 0 Å². The minimum absolute atomic E-state index is 0.00218. The summed E-state index contributed by atoms with van der Waals surface area (Å²) in [5.41, 5.74) is 3.24. The number of Topliss-reactive ketones (excluding diaryl/α,β-unsaturated/α-hetero) is 1. The predicted octanol–water partition coefficient (Wildman–Crippen LogP) is 4.11. The van der Waals surface area contributed by atoms with Gasteiger partial charge in [-0.2, -0.15) is 0 Å².